The number of hydrogen-bond acceptors (Lipinski definition) is 2. The summed E-state index contributed by atoms with van der Waals surface area (Å²) in [4.78, 5) is 10.7. The Kier molecular flexibility index (Phi) is 5.11. The second-order valence-electron chi connectivity index (χ2n) is 2.21. The van der Waals surface area contributed by atoms with E-state index in [-0.39, 0.29) is 42.1 Å². The van der Waals surface area contributed by atoms with Gasteiger partial charge in [-0.3, -0.25) is 0 Å². The summed E-state index contributed by atoms with van der Waals surface area (Å²) in [5.74, 6) is 0. The van der Waals surface area contributed by atoms with Gasteiger partial charge in [-0.05, 0) is 6.07 Å². The van der Waals surface area contributed by atoms with Crippen molar-refractivity contribution in [3.05, 3.63) is 46.8 Å². The van der Waals surface area contributed by atoms with E-state index in [1.54, 1.807) is 6.07 Å². The fourth-order valence-corrected chi connectivity index (χ4v) is 0.949. The van der Waals surface area contributed by atoms with Crippen LogP contribution in [0.1, 0.15) is 0 Å². The van der Waals surface area contributed by atoms with E-state index in [0.29, 0.717) is 5.58 Å². The van der Waals surface area contributed by atoms with Gasteiger partial charge in [0.05, 0.1) is 0 Å². The third-order valence-corrected chi connectivity index (χ3v) is 1.44. The molecule has 4 heteroatoms. The Balaban J connectivity index is 0.000000720. The second kappa shape index (κ2) is 5.30. The first-order valence-corrected chi connectivity index (χ1v) is 3.27. The van der Waals surface area contributed by atoms with Gasteiger partial charge >= 0.3 is 5.63 Å². The molecule has 0 amide bonds. The van der Waals surface area contributed by atoms with Gasteiger partial charge in [0.2, 0.25) is 0 Å². The van der Waals surface area contributed by atoms with Crippen LogP contribution in [-0.2, 0) is 19.5 Å². The first-order chi connectivity index (χ1) is 5.36. The molecule has 0 bridgehead atoms. The summed E-state index contributed by atoms with van der Waals surface area (Å²) < 4.78 is 4.87. The minimum atomic E-state index is -0.358. The van der Waals surface area contributed by atoms with Crippen LogP contribution in [0.15, 0.2) is 39.5 Å². The summed E-state index contributed by atoms with van der Waals surface area (Å²) in [7, 11) is 0. The van der Waals surface area contributed by atoms with E-state index in [1.807, 2.05) is 18.2 Å². The van der Waals surface area contributed by atoms with Gasteiger partial charge in [0, 0.05) is 37.0 Å². The molecular weight excluding hydrogens is 285 g/mol. The van der Waals surface area contributed by atoms with E-state index >= 15 is 0 Å². The van der Waals surface area contributed by atoms with Crippen LogP contribution in [0.2, 0.25) is 0 Å². The van der Waals surface area contributed by atoms with Crippen LogP contribution in [0, 0.1) is 6.07 Å². The molecule has 2 aromatic rings. The number of fused-ring (bicyclic) bond motifs is 1. The molecule has 2 nitrogen and oxygen atoms in total. The summed E-state index contributed by atoms with van der Waals surface area (Å²) >= 11 is 0. The van der Waals surface area contributed by atoms with Crippen LogP contribution in [-0.4, -0.2) is 0 Å². The van der Waals surface area contributed by atoms with Crippen molar-refractivity contribution in [2.24, 2.45) is 0 Å². The molecule has 0 fully saturated rings. The predicted molar refractivity (Wildman–Crippen MR) is 41.3 cm³/mol. The normalized spacial score (nSPS) is 8.62. The maximum atomic E-state index is 10.7. The fraction of sp³-hybridized carbons (Fsp3) is 0. The van der Waals surface area contributed by atoms with Gasteiger partial charge in [0.25, 0.3) is 0 Å². The largest absolute Gasteiger partial charge is 1.00 e. The predicted octanol–water partition coefficient (Wildman–Crippen LogP) is -1.41. The number of rotatable bonds is 0. The number of halogens is 1. The molecule has 63 valence electrons. The zero-order chi connectivity index (χ0) is 7.68. The number of benzene rings is 1. The molecule has 0 N–H and O–H groups in total. The van der Waals surface area contributed by atoms with Crippen LogP contribution in [0.3, 0.4) is 0 Å². The standard InChI is InChI=1S/C9H5O2.BrH.Zn/c10-9-6-5-7-3-1-2-4-8(7)11-9;;/h1-4,6H;1H;/p-1. The zero-order valence-corrected chi connectivity index (χ0v) is 11.3. The van der Waals surface area contributed by atoms with Gasteiger partial charge in [0.15, 0.2) is 0 Å². The molecule has 0 saturated carbocycles. The molecule has 1 heterocycles. The topological polar surface area (TPSA) is 30.2 Å². The molecule has 13 heavy (non-hydrogen) atoms. The van der Waals surface area contributed by atoms with Crippen molar-refractivity contribution in [3.63, 3.8) is 0 Å². The van der Waals surface area contributed by atoms with E-state index in [9.17, 15) is 4.79 Å². The van der Waals surface area contributed by atoms with Crippen LogP contribution >= 0.6 is 0 Å². The number of hydrogen-bond donors (Lipinski definition) is 0. The molecule has 0 saturated heterocycles. The maximum absolute atomic E-state index is 10.7. The molecule has 1 aromatic heterocycles. The summed E-state index contributed by atoms with van der Waals surface area (Å²) in [6.45, 7) is 0. The Morgan fingerprint density at radius 3 is 2.69 bits per heavy atom. The second-order valence-corrected chi connectivity index (χ2v) is 2.21. The Bertz CT molecular complexity index is 439. The molecule has 0 aliphatic heterocycles. The Labute approximate surface area is 98.5 Å². The SMILES string of the molecule is O=c1c[c]c2ccccc2o1.[Br-].[Zn]. The Morgan fingerprint density at radius 2 is 1.92 bits per heavy atom. The van der Waals surface area contributed by atoms with E-state index < -0.39 is 0 Å². The van der Waals surface area contributed by atoms with Gasteiger partial charge in [-0.15, -0.1) is 0 Å². The third-order valence-electron chi connectivity index (χ3n) is 1.44. The van der Waals surface area contributed by atoms with Crippen LogP contribution in [0.25, 0.3) is 11.0 Å². The summed E-state index contributed by atoms with van der Waals surface area (Å²) in [6, 6.07) is 11.4. The van der Waals surface area contributed by atoms with Crippen LogP contribution in [0.5, 0.6) is 0 Å². The van der Waals surface area contributed by atoms with Crippen molar-refractivity contribution < 1.29 is 40.9 Å². The van der Waals surface area contributed by atoms with Gasteiger partial charge in [-0.1, -0.05) is 18.2 Å². The monoisotopic (exact) mass is 288 g/mol. The maximum Gasteiger partial charge on any atom is 0.336 e. The van der Waals surface area contributed by atoms with Crippen LogP contribution in [0.4, 0.5) is 0 Å². The third kappa shape index (κ3) is 2.75. The van der Waals surface area contributed by atoms with E-state index in [1.165, 1.54) is 6.07 Å². The Morgan fingerprint density at radius 1 is 1.23 bits per heavy atom. The molecule has 2 rings (SSSR count). The van der Waals surface area contributed by atoms with Crippen molar-refractivity contribution in [2.75, 3.05) is 0 Å². The van der Waals surface area contributed by atoms with Gasteiger partial charge in [0.1, 0.15) is 5.58 Å². The van der Waals surface area contributed by atoms with Crippen molar-refractivity contribution >= 4 is 11.0 Å². The first kappa shape index (κ1) is 12.5. The average Bonchev–Trinajstić information content (AvgIpc) is 2.04. The molecule has 1 aromatic carbocycles. The molecule has 0 aliphatic carbocycles. The fourth-order valence-electron chi connectivity index (χ4n) is 0.949. The molecular formula is C9H5BrO2Zn-. The molecule has 1 radical (unpaired) electrons. The van der Waals surface area contributed by atoms with E-state index in [4.69, 9.17) is 4.42 Å². The molecule has 0 atom stereocenters. The number of para-hydroxylation sites is 1. The minimum Gasteiger partial charge on any atom is -1.00 e. The first-order valence-electron chi connectivity index (χ1n) is 3.27. The molecule has 0 spiro atoms. The van der Waals surface area contributed by atoms with Crippen LogP contribution < -0.4 is 22.6 Å². The van der Waals surface area contributed by atoms with Gasteiger partial charge < -0.3 is 21.4 Å². The van der Waals surface area contributed by atoms with Crippen molar-refractivity contribution in [1.82, 2.24) is 0 Å². The Hall–Kier alpha value is -0.467. The van der Waals surface area contributed by atoms with Crippen molar-refractivity contribution in [2.45, 2.75) is 0 Å². The minimum absolute atomic E-state index is 0. The summed E-state index contributed by atoms with van der Waals surface area (Å²) in [5.41, 5.74) is 0.226. The van der Waals surface area contributed by atoms with E-state index in [2.05, 4.69) is 6.07 Å². The van der Waals surface area contributed by atoms with Gasteiger partial charge in [-0.2, -0.15) is 0 Å². The zero-order valence-electron chi connectivity index (χ0n) is 6.79. The average molecular weight is 290 g/mol. The molecule has 0 aliphatic rings. The smallest absolute Gasteiger partial charge is 0.336 e. The van der Waals surface area contributed by atoms with Gasteiger partial charge in [-0.25, -0.2) is 4.79 Å². The van der Waals surface area contributed by atoms with Crippen molar-refractivity contribution in [3.8, 4) is 0 Å². The summed E-state index contributed by atoms with van der Waals surface area (Å²) in [6.07, 6.45) is 0. The van der Waals surface area contributed by atoms with Crippen molar-refractivity contribution in [1.29, 1.82) is 0 Å². The summed E-state index contributed by atoms with van der Waals surface area (Å²) in [5, 5.41) is 0.826. The molecule has 0 unspecified atom stereocenters. The quantitative estimate of drug-likeness (QED) is 0.441. The van der Waals surface area contributed by atoms with E-state index in [0.717, 1.165) is 5.39 Å².